The van der Waals surface area contributed by atoms with E-state index in [0.29, 0.717) is 19.3 Å². The van der Waals surface area contributed by atoms with E-state index < -0.39 is 15.3 Å². The third-order valence-corrected chi connectivity index (χ3v) is 7.15. The summed E-state index contributed by atoms with van der Waals surface area (Å²) in [6.45, 7) is 0. The van der Waals surface area contributed by atoms with Gasteiger partial charge in [-0.2, -0.15) is 0 Å². The first-order valence-electron chi connectivity index (χ1n) is 8.07. The van der Waals surface area contributed by atoms with Crippen LogP contribution in [-0.4, -0.2) is 48.8 Å². The number of likely N-dealkylation sites (N-methyl/N-ethyl adjacent to an activating group) is 1. The molecule has 2 aliphatic rings. The molecular weight excluding hydrogens is 331 g/mol. The van der Waals surface area contributed by atoms with Crippen LogP contribution in [0.25, 0.3) is 10.9 Å². The smallest absolute Gasteiger partial charge is 0.233 e. The number of hydrogen-bond donors (Lipinski definition) is 1. The second kappa shape index (κ2) is 5.05. The van der Waals surface area contributed by atoms with Crippen molar-refractivity contribution in [1.29, 1.82) is 0 Å². The van der Waals surface area contributed by atoms with Gasteiger partial charge in [-0.25, -0.2) is 12.8 Å². The molecule has 1 aromatic carbocycles. The van der Waals surface area contributed by atoms with Crippen LogP contribution in [0.15, 0.2) is 24.4 Å². The number of halogens is 1. The van der Waals surface area contributed by atoms with Crippen molar-refractivity contribution in [2.75, 3.05) is 18.6 Å². The van der Waals surface area contributed by atoms with E-state index in [4.69, 9.17) is 0 Å². The number of fused-ring (bicyclic) bond motifs is 1. The molecule has 1 aliphatic carbocycles. The Balaban J connectivity index is 1.67. The average molecular weight is 350 g/mol. The fourth-order valence-electron chi connectivity index (χ4n) is 3.80. The zero-order chi connectivity index (χ0) is 17.1. The van der Waals surface area contributed by atoms with E-state index in [1.807, 2.05) is 0 Å². The van der Waals surface area contributed by atoms with Gasteiger partial charge in [0.15, 0.2) is 9.84 Å². The van der Waals surface area contributed by atoms with Gasteiger partial charge in [-0.05, 0) is 43.0 Å². The summed E-state index contributed by atoms with van der Waals surface area (Å²) in [5.74, 6) is -0.217. The van der Waals surface area contributed by atoms with Crippen molar-refractivity contribution in [1.82, 2.24) is 9.88 Å². The Morgan fingerprint density at radius 3 is 2.75 bits per heavy atom. The van der Waals surface area contributed by atoms with Gasteiger partial charge in [-0.15, -0.1) is 0 Å². The Labute approximate surface area is 139 Å². The fraction of sp³-hybridized carbons (Fsp3) is 0.471. The molecule has 0 spiro atoms. The molecule has 5 nitrogen and oxygen atoms in total. The average Bonchev–Trinajstić information content (AvgIpc) is 3.10. The molecule has 2 fully saturated rings. The second-order valence-electron chi connectivity index (χ2n) is 6.95. The Bertz CT molecular complexity index is 930. The molecule has 1 unspecified atom stereocenters. The second-order valence-corrected chi connectivity index (χ2v) is 9.18. The van der Waals surface area contributed by atoms with Crippen LogP contribution in [0.2, 0.25) is 0 Å². The van der Waals surface area contributed by atoms with E-state index in [1.165, 1.54) is 12.1 Å². The Kier molecular flexibility index (Phi) is 3.29. The lowest BCUT2D eigenvalue weighted by atomic mass is 9.93. The van der Waals surface area contributed by atoms with Crippen LogP contribution in [0.1, 0.15) is 24.8 Å². The van der Waals surface area contributed by atoms with Crippen molar-refractivity contribution in [2.24, 2.45) is 0 Å². The molecule has 1 saturated heterocycles. The zero-order valence-electron chi connectivity index (χ0n) is 13.4. The summed E-state index contributed by atoms with van der Waals surface area (Å²) in [6.07, 6.45) is 3.69. The van der Waals surface area contributed by atoms with E-state index in [1.54, 1.807) is 24.2 Å². The third-order valence-electron chi connectivity index (χ3n) is 5.40. The van der Waals surface area contributed by atoms with Crippen LogP contribution >= 0.6 is 0 Å². The lowest BCUT2D eigenvalue weighted by Gasteiger charge is -2.28. The van der Waals surface area contributed by atoms with Crippen LogP contribution in [0, 0.1) is 5.82 Å². The number of rotatable bonds is 3. The molecule has 0 radical (unpaired) electrons. The number of hydrogen-bond acceptors (Lipinski definition) is 3. The Hall–Kier alpha value is -1.89. The SMILES string of the molecule is CN(C(=O)C1(c2c[nH]c3ccc(F)cc23)CC1)C1CCS(=O)(=O)C1. The molecule has 128 valence electrons. The van der Waals surface area contributed by atoms with Crippen LogP contribution < -0.4 is 0 Å². The normalized spacial score (nSPS) is 24.2. The van der Waals surface area contributed by atoms with E-state index in [-0.39, 0.29) is 29.3 Å². The molecule has 2 aromatic rings. The van der Waals surface area contributed by atoms with Crippen LogP contribution in [0.3, 0.4) is 0 Å². The van der Waals surface area contributed by atoms with Crippen molar-refractivity contribution in [3.63, 3.8) is 0 Å². The predicted molar refractivity (Wildman–Crippen MR) is 89.0 cm³/mol. The largest absolute Gasteiger partial charge is 0.361 e. The molecule has 24 heavy (non-hydrogen) atoms. The van der Waals surface area contributed by atoms with Gasteiger partial charge >= 0.3 is 0 Å². The number of carbonyl (C=O) groups is 1. The molecule has 4 rings (SSSR count). The van der Waals surface area contributed by atoms with E-state index in [0.717, 1.165) is 16.5 Å². The fourth-order valence-corrected chi connectivity index (χ4v) is 5.57. The first kappa shape index (κ1) is 15.6. The monoisotopic (exact) mass is 350 g/mol. The number of carbonyl (C=O) groups excluding carboxylic acids is 1. The van der Waals surface area contributed by atoms with Crippen molar-refractivity contribution in [2.45, 2.75) is 30.7 Å². The number of aromatic nitrogens is 1. The van der Waals surface area contributed by atoms with Gasteiger partial charge in [0.05, 0.1) is 16.9 Å². The molecule has 1 aliphatic heterocycles. The van der Waals surface area contributed by atoms with Crippen molar-refractivity contribution in [3.8, 4) is 0 Å². The first-order chi connectivity index (χ1) is 11.3. The van der Waals surface area contributed by atoms with E-state index in [2.05, 4.69) is 4.98 Å². The highest BCUT2D eigenvalue weighted by atomic mass is 32.2. The summed E-state index contributed by atoms with van der Waals surface area (Å²) in [4.78, 5) is 17.8. The predicted octanol–water partition coefficient (Wildman–Crippen LogP) is 1.98. The molecule has 1 atom stereocenters. The topological polar surface area (TPSA) is 70.2 Å². The quantitative estimate of drug-likeness (QED) is 0.920. The third kappa shape index (κ3) is 2.33. The summed E-state index contributed by atoms with van der Waals surface area (Å²) in [7, 11) is -1.36. The lowest BCUT2D eigenvalue weighted by molar-refractivity contribution is -0.134. The molecule has 1 aromatic heterocycles. The number of aromatic amines is 1. The minimum Gasteiger partial charge on any atom is -0.361 e. The van der Waals surface area contributed by atoms with Crippen LogP contribution in [-0.2, 0) is 20.0 Å². The summed E-state index contributed by atoms with van der Waals surface area (Å²) in [6, 6.07) is 4.25. The van der Waals surface area contributed by atoms with Gasteiger partial charge in [0, 0.05) is 30.2 Å². The Morgan fingerprint density at radius 1 is 1.38 bits per heavy atom. The lowest BCUT2D eigenvalue weighted by Crippen LogP contribution is -2.43. The number of H-pyrrole nitrogens is 1. The summed E-state index contributed by atoms with van der Waals surface area (Å²) >= 11 is 0. The number of sulfone groups is 1. The standard InChI is InChI=1S/C17H19FN2O3S/c1-20(12-4-7-24(22,23)10-12)16(21)17(5-6-17)14-9-19-15-3-2-11(18)8-13(14)15/h2-3,8-9,12,19H,4-7,10H2,1H3. The number of nitrogens with zero attached hydrogens (tertiary/aromatic N) is 1. The molecule has 1 N–H and O–H groups in total. The summed E-state index contributed by atoms with van der Waals surface area (Å²) in [5, 5.41) is 0.730. The van der Waals surface area contributed by atoms with E-state index in [9.17, 15) is 17.6 Å². The number of amides is 1. The van der Waals surface area contributed by atoms with Crippen LogP contribution in [0.4, 0.5) is 4.39 Å². The van der Waals surface area contributed by atoms with Gasteiger partial charge in [-0.3, -0.25) is 4.79 Å². The highest BCUT2D eigenvalue weighted by Crippen LogP contribution is 2.52. The minimum atomic E-state index is -3.04. The van der Waals surface area contributed by atoms with Crippen LogP contribution in [0.5, 0.6) is 0 Å². The van der Waals surface area contributed by atoms with Gasteiger partial charge in [0.1, 0.15) is 5.82 Å². The molecule has 2 heterocycles. The molecule has 7 heteroatoms. The number of benzene rings is 1. The van der Waals surface area contributed by atoms with Crippen molar-refractivity contribution >= 4 is 26.6 Å². The maximum Gasteiger partial charge on any atom is 0.233 e. The molecule has 1 saturated carbocycles. The van der Waals surface area contributed by atoms with Gasteiger partial charge in [0.25, 0.3) is 0 Å². The maximum absolute atomic E-state index is 13.6. The highest BCUT2D eigenvalue weighted by Gasteiger charge is 2.54. The highest BCUT2D eigenvalue weighted by molar-refractivity contribution is 7.91. The minimum absolute atomic E-state index is 0.0355. The first-order valence-corrected chi connectivity index (χ1v) is 9.89. The van der Waals surface area contributed by atoms with Gasteiger partial charge in [-0.1, -0.05) is 0 Å². The number of nitrogens with one attached hydrogen (secondary N) is 1. The molecular formula is C17H19FN2O3S. The van der Waals surface area contributed by atoms with E-state index >= 15 is 0 Å². The van der Waals surface area contributed by atoms with Crippen molar-refractivity contribution < 1.29 is 17.6 Å². The van der Waals surface area contributed by atoms with Gasteiger partial charge < -0.3 is 9.88 Å². The zero-order valence-corrected chi connectivity index (χ0v) is 14.2. The molecule has 0 bridgehead atoms. The molecule has 1 amide bonds. The summed E-state index contributed by atoms with van der Waals surface area (Å²) in [5.41, 5.74) is 0.971. The van der Waals surface area contributed by atoms with Gasteiger partial charge in [0.2, 0.25) is 5.91 Å². The van der Waals surface area contributed by atoms with Crippen molar-refractivity contribution in [3.05, 3.63) is 35.8 Å². The Morgan fingerprint density at radius 2 is 2.12 bits per heavy atom. The maximum atomic E-state index is 13.6. The summed E-state index contributed by atoms with van der Waals surface area (Å²) < 4.78 is 37.0.